The number of benzene rings is 1. The third-order valence-corrected chi connectivity index (χ3v) is 4.20. The Balaban J connectivity index is 2.35. The van der Waals surface area contributed by atoms with Crippen molar-refractivity contribution in [3.63, 3.8) is 0 Å². The van der Waals surface area contributed by atoms with Gasteiger partial charge >= 0.3 is 19.5 Å². The van der Waals surface area contributed by atoms with Crippen molar-refractivity contribution in [1.29, 1.82) is 0 Å². The lowest BCUT2D eigenvalue weighted by molar-refractivity contribution is -0.131. The second-order valence-electron chi connectivity index (χ2n) is 4.96. The summed E-state index contributed by atoms with van der Waals surface area (Å²) >= 11 is 0. The molecule has 0 aromatic heterocycles. The molecule has 0 saturated heterocycles. The largest absolute Gasteiger partial charge is 0.462 e. The first-order valence-electron chi connectivity index (χ1n) is 7.67. The third kappa shape index (κ3) is 7.73. The lowest BCUT2D eigenvalue weighted by atomic mass is 10.2. The Morgan fingerprint density at radius 2 is 1.75 bits per heavy atom. The van der Waals surface area contributed by atoms with Gasteiger partial charge < -0.3 is 18.5 Å². The summed E-state index contributed by atoms with van der Waals surface area (Å²) in [6.45, 7) is 5.19. The number of ether oxygens (including phenoxy) is 2. The maximum Gasteiger partial charge on any atom is 0.341 e. The van der Waals surface area contributed by atoms with Gasteiger partial charge in [-0.15, -0.1) is 0 Å². The van der Waals surface area contributed by atoms with Crippen molar-refractivity contribution in [3.05, 3.63) is 29.8 Å². The first kappa shape index (κ1) is 20.4. The van der Waals surface area contributed by atoms with E-state index >= 15 is 0 Å². The Bertz CT molecular complexity index is 600. The zero-order valence-electron chi connectivity index (χ0n) is 14.1. The zero-order chi connectivity index (χ0) is 18.0. The Labute approximate surface area is 141 Å². The van der Waals surface area contributed by atoms with Gasteiger partial charge in [-0.25, -0.2) is 4.79 Å². The second-order valence-corrected chi connectivity index (χ2v) is 7.01. The summed E-state index contributed by atoms with van der Waals surface area (Å²) < 4.78 is 31.9. The smallest absolute Gasteiger partial charge is 0.341 e. The van der Waals surface area contributed by atoms with E-state index in [1.165, 1.54) is 25.7 Å². The van der Waals surface area contributed by atoms with E-state index in [-0.39, 0.29) is 24.5 Å². The van der Waals surface area contributed by atoms with Gasteiger partial charge in [0.1, 0.15) is 11.3 Å². The van der Waals surface area contributed by atoms with Crippen molar-refractivity contribution in [2.75, 3.05) is 26.5 Å². The van der Waals surface area contributed by atoms with E-state index in [0.717, 1.165) is 0 Å². The average Bonchev–Trinajstić information content (AvgIpc) is 2.50. The van der Waals surface area contributed by atoms with Crippen LogP contribution in [0.15, 0.2) is 24.3 Å². The van der Waals surface area contributed by atoms with Gasteiger partial charge in [0.05, 0.1) is 19.8 Å². The van der Waals surface area contributed by atoms with E-state index < -0.39 is 19.5 Å². The minimum atomic E-state index is -2.98. The number of esters is 2. The predicted molar refractivity (Wildman–Crippen MR) is 88.4 cm³/mol. The summed E-state index contributed by atoms with van der Waals surface area (Å²) in [4.78, 5) is 23.0. The molecule has 1 aromatic carbocycles. The Kier molecular flexibility index (Phi) is 8.68. The van der Waals surface area contributed by atoms with Crippen molar-refractivity contribution in [2.24, 2.45) is 0 Å². The molecule has 0 amide bonds. The molecule has 1 unspecified atom stereocenters. The van der Waals surface area contributed by atoms with Crippen molar-refractivity contribution in [3.8, 4) is 5.75 Å². The molecule has 0 N–H and O–H groups in total. The molecule has 0 aliphatic carbocycles. The molecule has 0 spiro atoms. The molecule has 1 rings (SSSR count). The van der Waals surface area contributed by atoms with Crippen LogP contribution in [0.25, 0.3) is 0 Å². The van der Waals surface area contributed by atoms with Crippen LogP contribution in [-0.2, 0) is 23.1 Å². The van der Waals surface area contributed by atoms with Gasteiger partial charge in [0.15, 0.2) is 0 Å². The summed E-state index contributed by atoms with van der Waals surface area (Å²) in [6.07, 6.45) is 1.12. The summed E-state index contributed by atoms with van der Waals surface area (Å²) in [5.41, 5.74) is 0.193. The molecule has 1 atom stereocenters. The first-order valence-corrected chi connectivity index (χ1v) is 9.66. The van der Waals surface area contributed by atoms with E-state index in [1.54, 1.807) is 19.1 Å². The molecular formula is C16H23O7P. The van der Waals surface area contributed by atoms with E-state index in [4.69, 9.17) is 18.5 Å². The van der Waals surface area contributed by atoms with Gasteiger partial charge in [-0.2, -0.15) is 0 Å². The molecule has 0 aliphatic rings. The van der Waals surface area contributed by atoms with Crippen LogP contribution in [0.2, 0.25) is 0 Å². The van der Waals surface area contributed by atoms with E-state index in [1.807, 2.05) is 0 Å². The maximum atomic E-state index is 12.0. The normalized spacial score (nSPS) is 13.1. The average molecular weight is 358 g/mol. The molecule has 0 saturated carbocycles. The minimum Gasteiger partial charge on any atom is -0.462 e. The van der Waals surface area contributed by atoms with Gasteiger partial charge in [-0.1, -0.05) is 12.1 Å². The fourth-order valence-corrected chi connectivity index (χ4v) is 2.83. The Morgan fingerprint density at radius 1 is 1.08 bits per heavy atom. The third-order valence-electron chi connectivity index (χ3n) is 2.82. The van der Waals surface area contributed by atoms with Gasteiger partial charge in [-0.05, 0) is 31.9 Å². The Hall–Kier alpha value is -1.69. The highest BCUT2D eigenvalue weighted by Crippen LogP contribution is 2.43. The Morgan fingerprint density at radius 3 is 2.42 bits per heavy atom. The van der Waals surface area contributed by atoms with E-state index in [9.17, 15) is 14.2 Å². The number of carbonyl (C=O) groups excluding carboxylic acids is 2. The molecule has 134 valence electrons. The number of rotatable bonds is 10. The number of hydrogen-bond donors (Lipinski definition) is 0. The van der Waals surface area contributed by atoms with Crippen LogP contribution in [-0.4, -0.2) is 38.4 Å². The molecule has 24 heavy (non-hydrogen) atoms. The number of carbonyl (C=O) groups is 2. The van der Waals surface area contributed by atoms with Crippen molar-refractivity contribution in [2.45, 2.75) is 26.7 Å². The monoisotopic (exact) mass is 358 g/mol. The number of para-hydroxylation sites is 1. The van der Waals surface area contributed by atoms with Gasteiger partial charge in [-0.3, -0.25) is 9.36 Å². The fourth-order valence-electron chi connectivity index (χ4n) is 1.83. The minimum absolute atomic E-state index is 0.168. The summed E-state index contributed by atoms with van der Waals surface area (Å²) in [5, 5.41) is 0. The first-order chi connectivity index (χ1) is 11.4. The molecule has 0 fully saturated rings. The second kappa shape index (κ2) is 10.2. The van der Waals surface area contributed by atoms with Crippen LogP contribution >= 0.6 is 7.60 Å². The standard InChI is InChI=1S/C16H23O7P/c1-4-21-24(3,19)22-12-8-7-11-20-16(18)14-9-5-6-10-15(14)23-13(2)17/h5-6,9-10H,4,7-8,11-12H2,1-3H3. The lowest BCUT2D eigenvalue weighted by Gasteiger charge is -2.13. The van der Waals surface area contributed by atoms with Crippen molar-refractivity contribution >= 4 is 19.5 Å². The molecular weight excluding hydrogens is 335 g/mol. The van der Waals surface area contributed by atoms with Gasteiger partial charge in [0.2, 0.25) is 0 Å². The predicted octanol–water partition coefficient (Wildman–Crippen LogP) is 3.42. The van der Waals surface area contributed by atoms with Crippen LogP contribution in [0.4, 0.5) is 0 Å². The summed E-state index contributed by atoms with van der Waals surface area (Å²) in [6, 6.07) is 6.37. The number of hydrogen-bond acceptors (Lipinski definition) is 7. The van der Waals surface area contributed by atoms with Gasteiger partial charge in [0.25, 0.3) is 0 Å². The molecule has 0 bridgehead atoms. The molecule has 1 aromatic rings. The molecule has 8 heteroatoms. The summed E-state index contributed by atoms with van der Waals surface area (Å²) in [7, 11) is -2.98. The van der Waals surface area contributed by atoms with E-state index in [2.05, 4.69) is 0 Å². The SMILES string of the molecule is CCOP(C)(=O)OCCCCOC(=O)c1ccccc1OC(C)=O. The highest BCUT2D eigenvalue weighted by Gasteiger charge is 2.16. The van der Waals surface area contributed by atoms with Crippen LogP contribution in [0.1, 0.15) is 37.0 Å². The lowest BCUT2D eigenvalue weighted by Crippen LogP contribution is -2.11. The van der Waals surface area contributed by atoms with E-state index in [0.29, 0.717) is 19.4 Å². The molecule has 0 aliphatic heterocycles. The van der Waals surface area contributed by atoms with Crippen LogP contribution in [0, 0.1) is 0 Å². The summed E-state index contributed by atoms with van der Waals surface area (Å²) in [5.74, 6) is -0.907. The van der Waals surface area contributed by atoms with Crippen molar-refractivity contribution < 1.29 is 32.7 Å². The maximum absolute atomic E-state index is 12.0. The molecule has 0 radical (unpaired) electrons. The highest BCUT2D eigenvalue weighted by atomic mass is 31.2. The topological polar surface area (TPSA) is 88.1 Å². The van der Waals surface area contributed by atoms with Gasteiger partial charge in [0, 0.05) is 13.6 Å². The highest BCUT2D eigenvalue weighted by molar-refractivity contribution is 7.52. The van der Waals surface area contributed by atoms with Crippen molar-refractivity contribution in [1.82, 2.24) is 0 Å². The van der Waals surface area contributed by atoms with Crippen LogP contribution in [0.3, 0.4) is 0 Å². The van der Waals surface area contributed by atoms with Crippen LogP contribution in [0.5, 0.6) is 5.75 Å². The quantitative estimate of drug-likeness (QED) is 0.274. The van der Waals surface area contributed by atoms with Crippen LogP contribution < -0.4 is 4.74 Å². The number of unbranched alkanes of at least 4 members (excludes halogenated alkanes) is 1. The molecule has 7 nitrogen and oxygen atoms in total. The zero-order valence-corrected chi connectivity index (χ0v) is 15.0. The molecule has 0 heterocycles. The fraction of sp³-hybridized carbons (Fsp3) is 0.500.